The van der Waals surface area contributed by atoms with Gasteiger partial charge in [0, 0.05) is 0 Å². The molecule has 0 unspecified atom stereocenters. The number of carbonyl (C=O) groups excluding carboxylic acids is 2. The normalized spacial score (nSPS) is 9.89. The lowest BCUT2D eigenvalue weighted by atomic mass is 10.2. The Kier molecular flexibility index (Phi) is 4.15. The Labute approximate surface area is 114 Å². The molecule has 2 rings (SSSR count). The second-order valence-electron chi connectivity index (χ2n) is 3.71. The highest BCUT2D eigenvalue weighted by Gasteiger charge is 2.12. The minimum Gasteiger partial charge on any atom is -0.444 e. The summed E-state index contributed by atoms with van der Waals surface area (Å²) in [7, 11) is 0. The largest absolute Gasteiger partial charge is 0.444 e. The number of nitrogens with two attached hydrogens (primary N) is 1. The van der Waals surface area contributed by atoms with E-state index in [4.69, 9.17) is 10.5 Å². The van der Waals surface area contributed by atoms with Gasteiger partial charge in [0.1, 0.15) is 11.6 Å². The molecule has 3 N–H and O–H groups in total. The van der Waals surface area contributed by atoms with E-state index in [0.29, 0.717) is 5.00 Å². The number of thiophene rings is 1. The molecule has 2 aromatic rings. The van der Waals surface area contributed by atoms with Crippen LogP contribution < -0.4 is 11.1 Å². The van der Waals surface area contributed by atoms with Crippen LogP contribution in [0.1, 0.15) is 15.9 Å². The van der Waals surface area contributed by atoms with Crippen molar-refractivity contribution in [2.24, 2.45) is 5.73 Å². The summed E-state index contributed by atoms with van der Waals surface area (Å²) in [6.45, 7) is 0.171. The van der Waals surface area contributed by atoms with Crippen LogP contribution in [-0.2, 0) is 11.3 Å². The molecule has 1 aromatic carbocycles. The molecule has 0 atom stereocenters. The summed E-state index contributed by atoms with van der Waals surface area (Å²) in [5, 5.41) is 4.57. The fraction of sp³-hybridized carbons (Fsp3) is 0.0769. The number of primary amides is 1. The zero-order valence-electron chi connectivity index (χ0n) is 9.96. The standard InChI is InChI=1S/C13H12N2O3S/c14-11(16)10-6-7-19-12(10)15-13(17)18-8-9-4-2-1-3-5-9/h1-7H,8H2,(H2,14,16)(H,15,17). The predicted octanol–water partition coefficient (Wildman–Crippen LogP) is 2.60. The van der Waals surface area contributed by atoms with Gasteiger partial charge in [-0.3, -0.25) is 10.1 Å². The van der Waals surface area contributed by atoms with Gasteiger partial charge >= 0.3 is 6.09 Å². The number of hydrogen-bond acceptors (Lipinski definition) is 4. The van der Waals surface area contributed by atoms with Crippen molar-refractivity contribution in [1.29, 1.82) is 0 Å². The SMILES string of the molecule is NC(=O)c1ccsc1NC(=O)OCc1ccccc1. The molecule has 0 aliphatic heterocycles. The molecule has 6 heteroatoms. The molecule has 0 spiro atoms. The third-order valence-electron chi connectivity index (χ3n) is 2.36. The van der Waals surface area contributed by atoms with Gasteiger partial charge in [0.2, 0.25) is 0 Å². The second kappa shape index (κ2) is 6.01. The average Bonchev–Trinajstić information content (AvgIpc) is 2.86. The Morgan fingerprint density at radius 3 is 2.63 bits per heavy atom. The van der Waals surface area contributed by atoms with Gasteiger partial charge in [-0.1, -0.05) is 30.3 Å². The topological polar surface area (TPSA) is 81.4 Å². The highest BCUT2D eigenvalue weighted by Crippen LogP contribution is 2.22. The number of hydrogen-bond donors (Lipinski definition) is 2. The lowest BCUT2D eigenvalue weighted by Crippen LogP contribution is -2.17. The summed E-state index contributed by atoms with van der Waals surface area (Å²) in [6.07, 6.45) is -0.617. The molecule has 0 fully saturated rings. The molecule has 19 heavy (non-hydrogen) atoms. The maximum Gasteiger partial charge on any atom is 0.412 e. The number of nitrogens with one attached hydrogen (secondary N) is 1. The smallest absolute Gasteiger partial charge is 0.412 e. The number of carbonyl (C=O) groups is 2. The van der Waals surface area contributed by atoms with Crippen LogP contribution in [0.3, 0.4) is 0 Å². The molecule has 2 amide bonds. The lowest BCUT2D eigenvalue weighted by Gasteiger charge is -2.06. The number of anilines is 1. The fourth-order valence-electron chi connectivity index (χ4n) is 1.45. The number of amides is 2. The zero-order valence-corrected chi connectivity index (χ0v) is 10.8. The molecule has 98 valence electrons. The molecule has 0 aliphatic carbocycles. The summed E-state index contributed by atoms with van der Waals surface area (Å²) >= 11 is 1.22. The second-order valence-corrected chi connectivity index (χ2v) is 4.63. The molecule has 0 saturated heterocycles. The molecular weight excluding hydrogens is 264 g/mol. The molecule has 0 bridgehead atoms. The number of rotatable bonds is 4. The maximum atomic E-state index is 11.6. The van der Waals surface area contributed by atoms with Gasteiger partial charge in [-0.2, -0.15) is 0 Å². The average molecular weight is 276 g/mol. The Morgan fingerprint density at radius 2 is 1.95 bits per heavy atom. The van der Waals surface area contributed by atoms with Gasteiger partial charge in [0.15, 0.2) is 0 Å². The Bertz CT molecular complexity index is 581. The highest BCUT2D eigenvalue weighted by molar-refractivity contribution is 7.14. The van der Waals surface area contributed by atoms with E-state index in [0.717, 1.165) is 5.56 Å². The van der Waals surface area contributed by atoms with Crippen molar-refractivity contribution in [3.63, 3.8) is 0 Å². The van der Waals surface area contributed by atoms with E-state index in [1.165, 1.54) is 11.3 Å². The van der Waals surface area contributed by atoms with Crippen molar-refractivity contribution in [1.82, 2.24) is 0 Å². The van der Waals surface area contributed by atoms with Crippen molar-refractivity contribution >= 4 is 28.3 Å². The van der Waals surface area contributed by atoms with Crippen molar-refractivity contribution < 1.29 is 14.3 Å². The van der Waals surface area contributed by atoms with E-state index >= 15 is 0 Å². The van der Waals surface area contributed by atoms with Crippen molar-refractivity contribution in [3.8, 4) is 0 Å². The summed E-state index contributed by atoms with van der Waals surface area (Å²) in [5.74, 6) is -0.584. The summed E-state index contributed by atoms with van der Waals surface area (Å²) in [4.78, 5) is 22.7. The molecule has 1 aromatic heterocycles. The zero-order chi connectivity index (χ0) is 13.7. The van der Waals surface area contributed by atoms with Crippen LogP contribution in [0.4, 0.5) is 9.80 Å². The van der Waals surface area contributed by atoms with E-state index in [2.05, 4.69) is 5.32 Å². The van der Waals surface area contributed by atoms with Crippen LogP contribution in [0.2, 0.25) is 0 Å². The van der Waals surface area contributed by atoms with E-state index in [1.54, 1.807) is 11.4 Å². The lowest BCUT2D eigenvalue weighted by molar-refractivity contribution is 0.100. The van der Waals surface area contributed by atoms with Crippen molar-refractivity contribution in [2.75, 3.05) is 5.32 Å². The van der Waals surface area contributed by atoms with Crippen LogP contribution >= 0.6 is 11.3 Å². The minimum absolute atomic E-state index is 0.171. The first-order chi connectivity index (χ1) is 9.16. The summed E-state index contributed by atoms with van der Waals surface area (Å²) in [6, 6.07) is 10.9. The van der Waals surface area contributed by atoms with E-state index < -0.39 is 12.0 Å². The monoisotopic (exact) mass is 276 g/mol. The van der Waals surface area contributed by atoms with Gasteiger partial charge in [-0.05, 0) is 17.0 Å². The van der Waals surface area contributed by atoms with E-state index in [9.17, 15) is 9.59 Å². The van der Waals surface area contributed by atoms with Crippen LogP contribution in [0, 0.1) is 0 Å². The molecule has 1 heterocycles. The van der Waals surface area contributed by atoms with E-state index in [1.807, 2.05) is 30.3 Å². The minimum atomic E-state index is -0.617. The summed E-state index contributed by atoms with van der Waals surface area (Å²) < 4.78 is 5.04. The molecule has 0 radical (unpaired) electrons. The molecular formula is C13H12N2O3S. The van der Waals surface area contributed by atoms with Gasteiger partial charge in [0.05, 0.1) is 5.56 Å². The van der Waals surface area contributed by atoms with Crippen LogP contribution in [-0.4, -0.2) is 12.0 Å². The fourth-order valence-corrected chi connectivity index (χ4v) is 2.23. The first-order valence-electron chi connectivity index (χ1n) is 5.52. The van der Waals surface area contributed by atoms with Crippen LogP contribution in [0.25, 0.3) is 0 Å². The van der Waals surface area contributed by atoms with Crippen molar-refractivity contribution in [3.05, 3.63) is 52.9 Å². The Balaban J connectivity index is 1.91. The Morgan fingerprint density at radius 1 is 1.21 bits per heavy atom. The third-order valence-corrected chi connectivity index (χ3v) is 3.19. The van der Waals surface area contributed by atoms with E-state index in [-0.39, 0.29) is 12.2 Å². The molecule has 5 nitrogen and oxygen atoms in total. The van der Waals surface area contributed by atoms with Crippen molar-refractivity contribution in [2.45, 2.75) is 6.61 Å². The van der Waals surface area contributed by atoms with Gasteiger partial charge < -0.3 is 10.5 Å². The predicted molar refractivity (Wildman–Crippen MR) is 73.1 cm³/mol. The van der Waals surface area contributed by atoms with Gasteiger partial charge in [0.25, 0.3) is 5.91 Å². The van der Waals surface area contributed by atoms with Gasteiger partial charge in [-0.25, -0.2) is 4.79 Å². The number of benzene rings is 1. The van der Waals surface area contributed by atoms with Gasteiger partial charge in [-0.15, -0.1) is 11.3 Å². The molecule has 0 saturated carbocycles. The highest BCUT2D eigenvalue weighted by atomic mass is 32.1. The maximum absolute atomic E-state index is 11.6. The number of ether oxygens (including phenoxy) is 1. The molecule has 0 aliphatic rings. The first kappa shape index (κ1) is 13.1. The summed E-state index contributed by atoms with van der Waals surface area (Å²) in [5.41, 5.74) is 6.34. The Hall–Kier alpha value is -2.34. The van der Waals surface area contributed by atoms with Crippen LogP contribution in [0.15, 0.2) is 41.8 Å². The van der Waals surface area contributed by atoms with Crippen LogP contribution in [0.5, 0.6) is 0 Å². The first-order valence-corrected chi connectivity index (χ1v) is 6.40. The quantitative estimate of drug-likeness (QED) is 0.900. The third kappa shape index (κ3) is 3.56.